The molecule has 5 rings (SSSR count). The largest absolute Gasteiger partial charge is 0.418 e. The first-order valence-electron chi connectivity index (χ1n) is 11.2. The number of aromatic nitrogens is 1. The van der Waals surface area contributed by atoms with E-state index in [0.717, 1.165) is 31.1 Å². The highest BCUT2D eigenvalue weighted by atomic mass is 19.4. The van der Waals surface area contributed by atoms with Crippen molar-refractivity contribution in [2.24, 2.45) is 0 Å². The van der Waals surface area contributed by atoms with Crippen LogP contribution >= 0.6 is 0 Å². The molecule has 2 aromatic rings. The van der Waals surface area contributed by atoms with Crippen LogP contribution in [0.4, 0.5) is 18.9 Å². The minimum Gasteiger partial charge on any atom is -0.370 e. The summed E-state index contributed by atoms with van der Waals surface area (Å²) in [5.74, 6) is 0. The first-order valence-corrected chi connectivity index (χ1v) is 11.2. The van der Waals surface area contributed by atoms with Crippen molar-refractivity contribution in [2.75, 3.05) is 24.5 Å². The molecule has 5 nitrogen and oxygen atoms in total. The number of nitrogens with zero attached hydrogens (tertiary/aromatic N) is 2. The minimum absolute atomic E-state index is 0.00114. The summed E-state index contributed by atoms with van der Waals surface area (Å²) in [4.78, 5) is 6.21. The van der Waals surface area contributed by atoms with Crippen molar-refractivity contribution in [1.29, 1.82) is 0 Å². The second-order valence-electron chi connectivity index (χ2n) is 9.22. The molecule has 3 saturated heterocycles. The Morgan fingerprint density at radius 1 is 1.16 bits per heavy atom. The van der Waals surface area contributed by atoms with Gasteiger partial charge in [-0.3, -0.25) is 4.98 Å². The maximum atomic E-state index is 13.5. The predicted octanol–water partition coefficient (Wildman–Crippen LogP) is 3.72. The first kappa shape index (κ1) is 21.0. The molecule has 2 N–H and O–H groups in total. The summed E-state index contributed by atoms with van der Waals surface area (Å²) in [6.45, 7) is 4.06. The lowest BCUT2D eigenvalue weighted by Gasteiger charge is -2.40. The normalized spacial score (nSPS) is 31.4. The van der Waals surface area contributed by atoms with Crippen LogP contribution in [0.3, 0.4) is 0 Å². The summed E-state index contributed by atoms with van der Waals surface area (Å²) in [5.41, 5.74) is 0.106. The van der Waals surface area contributed by atoms with Crippen LogP contribution in [0.1, 0.15) is 38.2 Å². The van der Waals surface area contributed by atoms with Crippen LogP contribution in [0.15, 0.2) is 30.5 Å². The molecule has 0 spiro atoms. The molecular formula is C23H29F3N4O. The van der Waals surface area contributed by atoms with Crippen molar-refractivity contribution < 1.29 is 17.9 Å². The van der Waals surface area contributed by atoms with Crippen molar-refractivity contribution in [3.05, 3.63) is 36.0 Å². The van der Waals surface area contributed by atoms with Gasteiger partial charge in [-0.25, -0.2) is 0 Å². The van der Waals surface area contributed by atoms with Crippen molar-refractivity contribution in [2.45, 2.75) is 69.1 Å². The van der Waals surface area contributed by atoms with E-state index in [1.807, 2.05) is 6.92 Å². The van der Waals surface area contributed by atoms with Crippen molar-refractivity contribution in [1.82, 2.24) is 15.6 Å². The summed E-state index contributed by atoms with van der Waals surface area (Å²) in [6, 6.07) is 7.92. The number of hydrogen-bond acceptors (Lipinski definition) is 5. The second kappa shape index (κ2) is 8.22. The topological polar surface area (TPSA) is 49.4 Å². The number of benzene rings is 1. The number of pyridine rings is 1. The van der Waals surface area contributed by atoms with Gasteiger partial charge in [0.15, 0.2) is 0 Å². The fraction of sp³-hybridized carbons (Fsp3) is 0.609. The Kier molecular flexibility index (Phi) is 5.56. The van der Waals surface area contributed by atoms with E-state index in [0.29, 0.717) is 36.6 Å². The van der Waals surface area contributed by atoms with E-state index in [1.54, 1.807) is 18.2 Å². The fourth-order valence-corrected chi connectivity index (χ4v) is 5.54. The van der Waals surface area contributed by atoms with Gasteiger partial charge < -0.3 is 20.3 Å². The van der Waals surface area contributed by atoms with Crippen LogP contribution in [0.5, 0.6) is 0 Å². The van der Waals surface area contributed by atoms with E-state index in [4.69, 9.17) is 4.74 Å². The lowest BCUT2D eigenvalue weighted by molar-refractivity contribution is -0.136. The van der Waals surface area contributed by atoms with Gasteiger partial charge in [0, 0.05) is 55.0 Å². The van der Waals surface area contributed by atoms with E-state index >= 15 is 0 Å². The third-order valence-electron chi connectivity index (χ3n) is 6.83. The Labute approximate surface area is 180 Å². The lowest BCUT2D eigenvalue weighted by Crippen LogP contribution is -2.53. The molecule has 8 heteroatoms. The second-order valence-corrected chi connectivity index (χ2v) is 9.22. The molecule has 4 heterocycles. The van der Waals surface area contributed by atoms with Crippen LogP contribution < -0.4 is 15.5 Å². The smallest absolute Gasteiger partial charge is 0.370 e. The Balaban J connectivity index is 1.33. The number of morpholine rings is 1. The number of hydrogen-bond donors (Lipinski definition) is 2. The van der Waals surface area contributed by atoms with Gasteiger partial charge in [0.2, 0.25) is 0 Å². The van der Waals surface area contributed by atoms with Crippen LogP contribution in [0, 0.1) is 0 Å². The van der Waals surface area contributed by atoms with Gasteiger partial charge in [0.1, 0.15) is 0 Å². The highest BCUT2D eigenvalue weighted by Crippen LogP contribution is 2.38. The number of fused-ring (bicyclic) bond motifs is 3. The summed E-state index contributed by atoms with van der Waals surface area (Å²) in [5, 5.41) is 7.89. The molecule has 3 aliphatic rings. The molecule has 3 fully saturated rings. The predicted molar refractivity (Wildman–Crippen MR) is 114 cm³/mol. The van der Waals surface area contributed by atoms with E-state index < -0.39 is 11.7 Å². The highest BCUT2D eigenvalue weighted by Gasteiger charge is 2.36. The van der Waals surface area contributed by atoms with Crippen molar-refractivity contribution >= 4 is 16.6 Å². The number of anilines is 1. The van der Waals surface area contributed by atoms with Crippen LogP contribution in [-0.4, -0.2) is 55.0 Å². The SMILES string of the molecule is CC1CN(c2ccc(C(F)(F)F)c3ncccc23)CC(CNC2CC3CCC(C2)N3)O1. The maximum Gasteiger partial charge on any atom is 0.418 e. The number of rotatable bonds is 4. The van der Waals surface area contributed by atoms with Gasteiger partial charge in [-0.05, 0) is 56.9 Å². The van der Waals surface area contributed by atoms with Crippen LogP contribution in [0.25, 0.3) is 10.9 Å². The molecule has 1 aromatic carbocycles. The Hall–Kier alpha value is -1.90. The molecule has 0 saturated carbocycles. The van der Waals surface area contributed by atoms with Crippen molar-refractivity contribution in [3.8, 4) is 0 Å². The molecular weight excluding hydrogens is 405 g/mol. The molecule has 0 amide bonds. The van der Waals surface area contributed by atoms with Gasteiger partial charge in [-0.15, -0.1) is 0 Å². The minimum atomic E-state index is -4.43. The van der Waals surface area contributed by atoms with Gasteiger partial charge in [-0.2, -0.15) is 13.2 Å². The van der Waals surface area contributed by atoms with E-state index in [-0.39, 0.29) is 17.7 Å². The molecule has 0 aliphatic carbocycles. The summed E-state index contributed by atoms with van der Waals surface area (Å²) >= 11 is 0. The Morgan fingerprint density at radius 2 is 1.94 bits per heavy atom. The van der Waals surface area contributed by atoms with Gasteiger partial charge in [-0.1, -0.05) is 0 Å². The van der Waals surface area contributed by atoms with Crippen molar-refractivity contribution in [3.63, 3.8) is 0 Å². The molecule has 31 heavy (non-hydrogen) atoms. The lowest BCUT2D eigenvalue weighted by atomic mass is 9.99. The molecule has 4 atom stereocenters. The Bertz CT molecular complexity index is 925. The van der Waals surface area contributed by atoms with Gasteiger partial charge in [0.05, 0.1) is 23.3 Å². The average molecular weight is 435 g/mol. The first-order chi connectivity index (χ1) is 14.9. The maximum absolute atomic E-state index is 13.5. The number of ether oxygens (including phenoxy) is 1. The fourth-order valence-electron chi connectivity index (χ4n) is 5.54. The highest BCUT2D eigenvalue weighted by molar-refractivity contribution is 5.94. The number of nitrogens with one attached hydrogen (secondary N) is 2. The number of piperidine rings is 1. The summed E-state index contributed by atoms with van der Waals surface area (Å²) in [6.07, 6.45) is 1.82. The third kappa shape index (κ3) is 4.38. The standard InChI is InChI=1S/C23H29F3N4O/c1-14-12-30(13-18(31-14)11-28-17-9-15-4-5-16(10-17)29-15)21-7-6-20(23(24,25)26)22-19(21)3-2-8-27-22/h2-3,6-8,14-18,28-29H,4-5,9-13H2,1H3. The Morgan fingerprint density at radius 3 is 2.68 bits per heavy atom. The molecule has 2 bridgehead atoms. The average Bonchev–Trinajstić information content (AvgIpc) is 3.08. The van der Waals surface area contributed by atoms with E-state index in [1.165, 1.54) is 19.0 Å². The third-order valence-corrected chi connectivity index (χ3v) is 6.83. The van der Waals surface area contributed by atoms with E-state index in [9.17, 15) is 13.2 Å². The van der Waals surface area contributed by atoms with Crippen LogP contribution in [0.2, 0.25) is 0 Å². The summed E-state index contributed by atoms with van der Waals surface area (Å²) in [7, 11) is 0. The quantitative estimate of drug-likeness (QED) is 0.768. The van der Waals surface area contributed by atoms with Gasteiger partial charge in [0.25, 0.3) is 0 Å². The van der Waals surface area contributed by atoms with Crippen LogP contribution in [-0.2, 0) is 10.9 Å². The van der Waals surface area contributed by atoms with Gasteiger partial charge >= 0.3 is 6.18 Å². The number of alkyl halides is 3. The number of halogens is 3. The molecule has 3 aliphatic heterocycles. The monoisotopic (exact) mass is 434 g/mol. The zero-order valence-corrected chi connectivity index (χ0v) is 17.7. The molecule has 168 valence electrons. The molecule has 0 radical (unpaired) electrons. The zero-order valence-electron chi connectivity index (χ0n) is 17.7. The van der Waals surface area contributed by atoms with E-state index in [2.05, 4.69) is 20.5 Å². The molecule has 1 aromatic heterocycles. The molecule has 4 unspecified atom stereocenters. The summed E-state index contributed by atoms with van der Waals surface area (Å²) < 4.78 is 46.6. The zero-order chi connectivity index (χ0) is 21.6.